The molecule has 0 saturated carbocycles. The average Bonchev–Trinajstić information content (AvgIpc) is 3.31. The molecule has 0 spiro atoms. The van der Waals surface area contributed by atoms with E-state index in [1.807, 2.05) is 43.5 Å². The number of H-pyrrole nitrogens is 1. The molecular weight excluding hydrogens is 430 g/mol. The van der Waals surface area contributed by atoms with Gasteiger partial charge in [0.2, 0.25) is 0 Å². The standard InChI is InChI=1S/C25H29N7O2/c1-17-6-8-26-16-21(17)29-25(33)20-7-9-28-24-22(20)30-23(31-24)18-2-4-19(5-3-18)27-10-11-32-12-14-34-15-13-32/h2-7,9,16,26-27H,8,10-15H2,1H3,(H,29,33)(H,28,30,31). The van der Waals surface area contributed by atoms with Crippen LogP contribution in [0, 0.1) is 0 Å². The number of anilines is 1. The lowest BCUT2D eigenvalue weighted by Gasteiger charge is -2.26. The van der Waals surface area contributed by atoms with Crippen molar-refractivity contribution in [2.24, 2.45) is 0 Å². The van der Waals surface area contributed by atoms with Crippen LogP contribution in [0.15, 0.2) is 60.1 Å². The van der Waals surface area contributed by atoms with Gasteiger partial charge in [0.05, 0.1) is 30.0 Å². The Labute approximate surface area is 198 Å². The number of carbonyl (C=O) groups excluding carboxylic acids is 1. The van der Waals surface area contributed by atoms with E-state index >= 15 is 0 Å². The molecule has 34 heavy (non-hydrogen) atoms. The molecule has 2 aliphatic rings. The summed E-state index contributed by atoms with van der Waals surface area (Å²) in [6.07, 6.45) is 5.47. The predicted molar refractivity (Wildman–Crippen MR) is 132 cm³/mol. The normalized spacial score (nSPS) is 16.5. The SMILES string of the molecule is CC1=CCNC=C1NC(=O)c1ccnc2nc(-c3ccc(NCCN4CCOCC4)cc3)[nH]c12. The summed E-state index contributed by atoms with van der Waals surface area (Å²) in [6, 6.07) is 9.82. The number of nitrogens with one attached hydrogen (secondary N) is 4. The molecular formula is C25H29N7O2. The summed E-state index contributed by atoms with van der Waals surface area (Å²) in [5.74, 6) is 0.474. The molecule has 0 atom stereocenters. The van der Waals surface area contributed by atoms with Crippen molar-refractivity contribution in [2.75, 3.05) is 51.3 Å². The van der Waals surface area contributed by atoms with E-state index in [1.54, 1.807) is 12.3 Å². The minimum atomic E-state index is -0.204. The molecule has 9 heteroatoms. The number of pyridine rings is 1. The Morgan fingerprint density at radius 3 is 2.79 bits per heavy atom. The van der Waals surface area contributed by atoms with E-state index in [1.165, 1.54) is 0 Å². The number of allylic oxidation sites excluding steroid dienone is 1. The second-order valence-electron chi connectivity index (χ2n) is 8.41. The van der Waals surface area contributed by atoms with Crippen LogP contribution >= 0.6 is 0 Å². The first-order valence-corrected chi connectivity index (χ1v) is 11.6. The Morgan fingerprint density at radius 2 is 2.00 bits per heavy atom. The maximum absolute atomic E-state index is 13.0. The van der Waals surface area contributed by atoms with Crippen LogP contribution in [0.3, 0.4) is 0 Å². The lowest BCUT2D eigenvalue weighted by molar-refractivity contribution is 0.0398. The highest BCUT2D eigenvalue weighted by Crippen LogP contribution is 2.23. The highest BCUT2D eigenvalue weighted by Gasteiger charge is 2.17. The zero-order valence-electron chi connectivity index (χ0n) is 19.2. The summed E-state index contributed by atoms with van der Waals surface area (Å²) in [5, 5.41) is 9.56. The number of nitrogens with zero attached hydrogens (tertiary/aromatic N) is 3. The molecule has 176 valence electrons. The first-order valence-electron chi connectivity index (χ1n) is 11.6. The number of amides is 1. The number of aromatic amines is 1. The number of ether oxygens (including phenoxy) is 1. The van der Waals surface area contributed by atoms with Gasteiger partial charge in [-0.15, -0.1) is 0 Å². The number of morpholine rings is 1. The van der Waals surface area contributed by atoms with Crippen LogP contribution in [0.25, 0.3) is 22.6 Å². The molecule has 1 aromatic carbocycles. The zero-order valence-corrected chi connectivity index (χ0v) is 19.2. The Balaban J connectivity index is 1.27. The Hall–Kier alpha value is -3.69. The molecule has 9 nitrogen and oxygen atoms in total. The van der Waals surface area contributed by atoms with Crippen molar-refractivity contribution in [1.82, 2.24) is 30.5 Å². The summed E-state index contributed by atoms with van der Waals surface area (Å²) in [7, 11) is 0. The topological polar surface area (TPSA) is 107 Å². The van der Waals surface area contributed by atoms with E-state index in [2.05, 4.69) is 35.8 Å². The molecule has 1 saturated heterocycles. The number of carbonyl (C=O) groups is 1. The lowest BCUT2D eigenvalue weighted by Crippen LogP contribution is -2.38. The molecule has 0 unspecified atom stereocenters. The van der Waals surface area contributed by atoms with Crippen LogP contribution in [0.4, 0.5) is 5.69 Å². The number of imidazole rings is 1. The van der Waals surface area contributed by atoms with Gasteiger partial charge in [-0.2, -0.15) is 0 Å². The van der Waals surface area contributed by atoms with Crippen LogP contribution in [-0.2, 0) is 4.74 Å². The molecule has 3 aromatic rings. The van der Waals surface area contributed by atoms with Crippen LogP contribution in [-0.4, -0.2) is 71.7 Å². The fraction of sp³-hybridized carbons (Fsp3) is 0.320. The third kappa shape index (κ3) is 4.95. The fourth-order valence-electron chi connectivity index (χ4n) is 4.09. The van der Waals surface area contributed by atoms with E-state index in [0.717, 1.165) is 68.5 Å². The molecule has 0 bridgehead atoms. The van der Waals surface area contributed by atoms with E-state index < -0.39 is 0 Å². The van der Waals surface area contributed by atoms with E-state index in [0.29, 0.717) is 22.6 Å². The van der Waals surface area contributed by atoms with Gasteiger partial charge in [-0.25, -0.2) is 9.97 Å². The first-order chi connectivity index (χ1) is 16.7. The van der Waals surface area contributed by atoms with Gasteiger partial charge >= 0.3 is 0 Å². The molecule has 5 rings (SSSR count). The number of aromatic nitrogens is 3. The van der Waals surface area contributed by atoms with Crippen molar-refractivity contribution in [1.29, 1.82) is 0 Å². The van der Waals surface area contributed by atoms with Gasteiger partial charge in [0.15, 0.2) is 5.65 Å². The smallest absolute Gasteiger partial charge is 0.258 e. The third-order valence-electron chi connectivity index (χ3n) is 6.10. The van der Waals surface area contributed by atoms with Gasteiger partial charge in [0, 0.05) is 56.4 Å². The Morgan fingerprint density at radius 1 is 1.18 bits per heavy atom. The molecule has 0 aliphatic carbocycles. The third-order valence-corrected chi connectivity index (χ3v) is 6.10. The second kappa shape index (κ2) is 10.1. The largest absolute Gasteiger partial charge is 0.386 e. The van der Waals surface area contributed by atoms with Crippen molar-refractivity contribution in [3.05, 3.63) is 65.6 Å². The number of hydrogen-bond acceptors (Lipinski definition) is 7. The minimum absolute atomic E-state index is 0.204. The molecule has 0 radical (unpaired) electrons. The maximum atomic E-state index is 13.0. The summed E-state index contributed by atoms with van der Waals surface area (Å²) in [5.41, 5.74) is 5.42. The number of benzene rings is 1. The van der Waals surface area contributed by atoms with Crippen LogP contribution in [0.5, 0.6) is 0 Å². The maximum Gasteiger partial charge on any atom is 0.258 e. The predicted octanol–water partition coefficient (Wildman–Crippen LogP) is 2.49. The quantitative estimate of drug-likeness (QED) is 0.430. The summed E-state index contributed by atoms with van der Waals surface area (Å²) in [4.78, 5) is 27.6. The van der Waals surface area contributed by atoms with Crippen molar-refractivity contribution in [3.63, 3.8) is 0 Å². The summed E-state index contributed by atoms with van der Waals surface area (Å²) >= 11 is 0. The molecule has 2 aliphatic heterocycles. The van der Waals surface area contributed by atoms with Gasteiger partial charge in [0.25, 0.3) is 5.91 Å². The van der Waals surface area contributed by atoms with Crippen molar-refractivity contribution >= 4 is 22.8 Å². The van der Waals surface area contributed by atoms with Gasteiger partial charge in [-0.1, -0.05) is 6.08 Å². The number of fused-ring (bicyclic) bond motifs is 1. The van der Waals surface area contributed by atoms with Gasteiger partial charge in [0.1, 0.15) is 5.82 Å². The molecule has 4 N–H and O–H groups in total. The van der Waals surface area contributed by atoms with Gasteiger partial charge < -0.3 is 25.7 Å². The number of dihydropyridines is 1. The molecule has 4 heterocycles. The molecule has 1 fully saturated rings. The lowest BCUT2D eigenvalue weighted by atomic mass is 10.1. The van der Waals surface area contributed by atoms with E-state index in [9.17, 15) is 4.79 Å². The van der Waals surface area contributed by atoms with Crippen molar-refractivity contribution in [2.45, 2.75) is 6.92 Å². The number of hydrogen-bond donors (Lipinski definition) is 4. The van der Waals surface area contributed by atoms with Gasteiger partial charge in [-0.05, 0) is 42.8 Å². The fourth-order valence-corrected chi connectivity index (χ4v) is 4.09. The summed E-state index contributed by atoms with van der Waals surface area (Å²) in [6.45, 7) is 8.23. The van der Waals surface area contributed by atoms with Crippen molar-refractivity contribution < 1.29 is 9.53 Å². The average molecular weight is 460 g/mol. The van der Waals surface area contributed by atoms with Gasteiger partial charge in [-0.3, -0.25) is 9.69 Å². The first kappa shape index (κ1) is 22.1. The van der Waals surface area contributed by atoms with E-state index in [-0.39, 0.29) is 5.91 Å². The minimum Gasteiger partial charge on any atom is -0.386 e. The highest BCUT2D eigenvalue weighted by atomic mass is 16.5. The summed E-state index contributed by atoms with van der Waals surface area (Å²) < 4.78 is 5.40. The zero-order chi connectivity index (χ0) is 23.3. The number of rotatable bonds is 7. The van der Waals surface area contributed by atoms with E-state index in [4.69, 9.17) is 4.74 Å². The molecule has 2 aromatic heterocycles. The monoisotopic (exact) mass is 459 g/mol. The van der Waals surface area contributed by atoms with Crippen LogP contribution < -0.4 is 16.0 Å². The molecule has 1 amide bonds. The Bertz CT molecular complexity index is 1220. The van der Waals surface area contributed by atoms with Crippen LogP contribution in [0.2, 0.25) is 0 Å². The van der Waals surface area contributed by atoms with Crippen molar-refractivity contribution in [3.8, 4) is 11.4 Å². The second-order valence-corrected chi connectivity index (χ2v) is 8.41. The Kier molecular flexibility index (Phi) is 6.55. The highest BCUT2D eigenvalue weighted by molar-refractivity contribution is 6.05. The van der Waals surface area contributed by atoms with Crippen LogP contribution in [0.1, 0.15) is 17.3 Å².